The minimum absolute atomic E-state index is 0.117. The van der Waals surface area contributed by atoms with Crippen LogP contribution in [0.5, 0.6) is 0 Å². The van der Waals surface area contributed by atoms with Crippen molar-refractivity contribution in [3.8, 4) is 5.69 Å². The van der Waals surface area contributed by atoms with Crippen LogP contribution < -0.4 is 15.8 Å². The summed E-state index contributed by atoms with van der Waals surface area (Å²) in [7, 11) is 0. The highest BCUT2D eigenvalue weighted by atomic mass is 16.5. The van der Waals surface area contributed by atoms with E-state index in [0.717, 1.165) is 11.3 Å². The van der Waals surface area contributed by atoms with Gasteiger partial charge in [0.05, 0.1) is 24.9 Å². The van der Waals surface area contributed by atoms with Gasteiger partial charge < -0.3 is 15.0 Å². The number of carbonyl (C=O) groups is 1. The van der Waals surface area contributed by atoms with E-state index in [9.17, 15) is 9.59 Å². The lowest BCUT2D eigenvalue weighted by atomic mass is 10.1. The Morgan fingerprint density at radius 1 is 1.25 bits per heavy atom. The number of ether oxygens (including phenoxy) is 1. The molecule has 0 saturated carbocycles. The molecule has 32 heavy (non-hydrogen) atoms. The van der Waals surface area contributed by atoms with Gasteiger partial charge in [-0.25, -0.2) is 14.6 Å². The average molecular weight is 438 g/mol. The average Bonchev–Trinajstić information content (AvgIpc) is 3.34. The summed E-state index contributed by atoms with van der Waals surface area (Å²) in [6.45, 7) is 6.37. The molecule has 1 amide bonds. The molecule has 1 aromatic carbocycles. The number of aromatic amines is 1. The topological polar surface area (TPSA) is 118 Å². The van der Waals surface area contributed by atoms with Gasteiger partial charge >= 0.3 is 0 Å². The Balaban J connectivity index is 1.34. The lowest BCUT2D eigenvalue weighted by Crippen LogP contribution is -2.38. The quantitative estimate of drug-likeness (QED) is 0.572. The zero-order valence-electron chi connectivity index (χ0n) is 18.2. The number of anilines is 1. The highest BCUT2D eigenvalue weighted by Crippen LogP contribution is 2.16. The van der Waals surface area contributed by atoms with Crippen LogP contribution in [0.15, 0.2) is 41.7 Å². The van der Waals surface area contributed by atoms with E-state index in [2.05, 4.69) is 25.4 Å². The minimum Gasteiger partial charge on any atom is -0.378 e. The fourth-order valence-electron chi connectivity index (χ4n) is 3.71. The van der Waals surface area contributed by atoms with E-state index < -0.39 is 0 Å². The van der Waals surface area contributed by atoms with Crippen molar-refractivity contribution in [3.63, 3.8) is 0 Å². The molecule has 2 aromatic heterocycles. The maximum Gasteiger partial charge on any atom is 0.255 e. The molecule has 0 radical (unpaired) electrons. The van der Waals surface area contributed by atoms with Crippen molar-refractivity contribution < 1.29 is 9.53 Å². The smallest absolute Gasteiger partial charge is 0.255 e. The van der Waals surface area contributed by atoms with Gasteiger partial charge in [0.1, 0.15) is 12.7 Å². The number of amides is 1. The number of morpholine rings is 1. The maximum absolute atomic E-state index is 12.6. The molecular formula is C22H27N7O3. The Kier molecular flexibility index (Phi) is 6.60. The van der Waals surface area contributed by atoms with Gasteiger partial charge in [-0.15, -0.1) is 0 Å². The highest BCUT2D eigenvalue weighted by molar-refractivity contribution is 5.76. The van der Waals surface area contributed by atoms with Crippen molar-refractivity contribution in [3.05, 3.63) is 64.1 Å². The van der Waals surface area contributed by atoms with Gasteiger partial charge in [-0.2, -0.15) is 5.10 Å². The molecule has 0 aliphatic carbocycles. The molecule has 168 valence electrons. The number of hydrogen-bond donors (Lipinski definition) is 2. The second-order valence-electron chi connectivity index (χ2n) is 7.77. The van der Waals surface area contributed by atoms with E-state index in [1.807, 2.05) is 43.0 Å². The molecule has 3 aromatic rings. The van der Waals surface area contributed by atoms with Gasteiger partial charge in [-0.3, -0.25) is 14.6 Å². The van der Waals surface area contributed by atoms with Crippen molar-refractivity contribution in [2.45, 2.75) is 32.7 Å². The van der Waals surface area contributed by atoms with Crippen LogP contribution in [0.4, 0.5) is 5.95 Å². The van der Waals surface area contributed by atoms with Crippen LogP contribution in [-0.2, 0) is 16.0 Å². The molecule has 3 heterocycles. The number of rotatable bonds is 7. The number of hydrogen-bond acceptors (Lipinski definition) is 7. The number of aryl methyl sites for hydroxylation is 1. The van der Waals surface area contributed by atoms with Crippen LogP contribution in [0, 0.1) is 6.92 Å². The predicted octanol–water partition coefficient (Wildman–Crippen LogP) is 1.31. The third-order valence-corrected chi connectivity index (χ3v) is 5.58. The molecule has 4 rings (SSSR count). The molecule has 1 aliphatic heterocycles. The summed E-state index contributed by atoms with van der Waals surface area (Å²) in [5.41, 5.74) is 2.88. The standard InChI is InChI=1S/C22H27N7O3/c1-15(17-3-5-18(6-4-17)29-14-23-13-24-29)25-20(30)8-7-19-16(2)26-22(27-21(19)31)28-9-11-32-12-10-28/h3-6,13-15H,7-12H2,1-2H3,(H,25,30)(H,26,27,31)/t15-/m0/s1. The number of aromatic nitrogens is 5. The number of nitrogens with one attached hydrogen (secondary N) is 2. The molecule has 1 atom stereocenters. The zero-order valence-corrected chi connectivity index (χ0v) is 18.2. The number of H-pyrrole nitrogens is 1. The number of carbonyl (C=O) groups excluding carboxylic acids is 1. The van der Waals surface area contributed by atoms with E-state index in [1.54, 1.807) is 11.0 Å². The third-order valence-electron chi connectivity index (χ3n) is 5.58. The van der Waals surface area contributed by atoms with Crippen LogP contribution >= 0.6 is 0 Å². The van der Waals surface area contributed by atoms with E-state index in [1.165, 1.54) is 6.33 Å². The van der Waals surface area contributed by atoms with Crippen molar-refractivity contribution in [1.29, 1.82) is 0 Å². The fourth-order valence-corrected chi connectivity index (χ4v) is 3.71. The molecule has 0 bridgehead atoms. The minimum atomic E-state index is -0.191. The normalized spacial score (nSPS) is 14.9. The predicted molar refractivity (Wildman–Crippen MR) is 119 cm³/mol. The summed E-state index contributed by atoms with van der Waals surface area (Å²) in [6, 6.07) is 7.60. The van der Waals surface area contributed by atoms with Crippen molar-refractivity contribution in [2.75, 3.05) is 31.2 Å². The largest absolute Gasteiger partial charge is 0.378 e. The van der Waals surface area contributed by atoms with E-state index in [-0.39, 0.29) is 23.9 Å². The molecule has 10 heteroatoms. The van der Waals surface area contributed by atoms with Crippen LogP contribution in [0.25, 0.3) is 5.69 Å². The van der Waals surface area contributed by atoms with Gasteiger partial charge in [0.2, 0.25) is 11.9 Å². The van der Waals surface area contributed by atoms with Crippen molar-refractivity contribution >= 4 is 11.9 Å². The molecule has 10 nitrogen and oxygen atoms in total. The Labute approximate surface area is 185 Å². The van der Waals surface area contributed by atoms with Gasteiger partial charge in [-0.05, 0) is 38.0 Å². The SMILES string of the molecule is Cc1nc(N2CCOCC2)[nH]c(=O)c1CCC(=O)N[C@@H](C)c1ccc(-n2cncn2)cc1. The number of benzene rings is 1. The number of nitrogens with zero attached hydrogens (tertiary/aromatic N) is 5. The summed E-state index contributed by atoms with van der Waals surface area (Å²) in [4.78, 5) is 38.4. The monoisotopic (exact) mass is 437 g/mol. The zero-order chi connectivity index (χ0) is 22.5. The molecule has 1 aliphatic rings. The van der Waals surface area contributed by atoms with Crippen molar-refractivity contribution in [1.82, 2.24) is 30.0 Å². The summed E-state index contributed by atoms with van der Waals surface area (Å²) in [5, 5.41) is 7.10. The van der Waals surface area contributed by atoms with Crippen LogP contribution in [0.3, 0.4) is 0 Å². The second-order valence-corrected chi connectivity index (χ2v) is 7.77. The van der Waals surface area contributed by atoms with E-state index in [0.29, 0.717) is 49.9 Å². The Bertz CT molecular complexity index is 1100. The lowest BCUT2D eigenvalue weighted by Gasteiger charge is -2.27. The Morgan fingerprint density at radius 3 is 2.66 bits per heavy atom. The molecule has 1 saturated heterocycles. The lowest BCUT2D eigenvalue weighted by molar-refractivity contribution is -0.121. The third kappa shape index (κ3) is 5.02. The van der Waals surface area contributed by atoms with Gasteiger partial charge in [0.15, 0.2) is 0 Å². The summed E-state index contributed by atoms with van der Waals surface area (Å²) in [6.07, 6.45) is 3.66. The molecule has 1 fully saturated rings. The first-order valence-electron chi connectivity index (χ1n) is 10.7. The van der Waals surface area contributed by atoms with Crippen LogP contribution in [-0.4, -0.2) is 56.9 Å². The first-order chi connectivity index (χ1) is 15.5. The van der Waals surface area contributed by atoms with E-state index >= 15 is 0 Å². The molecular weight excluding hydrogens is 410 g/mol. The summed E-state index contributed by atoms with van der Waals surface area (Å²) >= 11 is 0. The van der Waals surface area contributed by atoms with Crippen molar-refractivity contribution in [2.24, 2.45) is 0 Å². The van der Waals surface area contributed by atoms with Crippen LogP contribution in [0.1, 0.15) is 36.2 Å². The summed E-state index contributed by atoms with van der Waals surface area (Å²) < 4.78 is 7.02. The molecule has 2 N–H and O–H groups in total. The first-order valence-corrected chi connectivity index (χ1v) is 10.7. The first kappa shape index (κ1) is 21.7. The van der Waals surface area contributed by atoms with E-state index in [4.69, 9.17) is 4.74 Å². The van der Waals surface area contributed by atoms with Gasteiger partial charge in [0.25, 0.3) is 5.56 Å². The fraction of sp³-hybridized carbons (Fsp3) is 0.409. The van der Waals surface area contributed by atoms with Gasteiger partial charge in [0, 0.05) is 30.8 Å². The molecule has 0 spiro atoms. The van der Waals surface area contributed by atoms with Crippen LogP contribution in [0.2, 0.25) is 0 Å². The second kappa shape index (κ2) is 9.73. The molecule has 0 unspecified atom stereocenters. The highest BCUT2D eigenvalue weighted by Gasteiger charge is 2.17. The van der Waals surface area contributed by atoms with Gasteiger partial charge in [-0.1, -0.05) is 12.1 Å². The Morgan fingerprint density at radius 2 is 2.00 bits per heavy atom. The maximum atomic E-state index is 12.6. The summed E-state index contributed by atoms with van der Waals surface area (Å²) in [5.74, 6) is 0.445. The Hall–Kier alpha value is -3.53.